The molecule has 4 rings (SSSR count). The Morgan fingerprint density at radius 1 is 1.11 bits per heavy atom. The van der Waals surface area contributed by atoms with Crippen molar-refractivity contribution in [1.82, 2.24) is 4.90 Å². The van der Waals surface area contributed by atoms with Crippen LogP contribution < -0.4 is 9.47 Å². The third kappa shape index (κ3) is 6.17. The number of halogens is 4. The zero-order valence-electron chi connectivity index (χ0n) is 19.7. The number of aliphatic carboxylic acids is 1. The molecule has 0 spiro atoms. The second-order valence-corrected chi connectivity index (χ2v) is 9.05. The summed E-state index contributed by atoms with van der Waals surface area (Å²) < 4.78 is 49.6. The second kappa shape index (κ2) is 10.7. The fourth-order valence-corrected chi connectivity index (χ4v) is 4.21. The molecule has 1 N–H and O–H groups in total. The van der Waals surface area contributed by atoms with Crippen LogP contribution in [0.3, 0.4) is 0 Å². The number of alkyl halides is 3. The molecule has 10 heteroatoms. The van der Waals surface area contributed by atoms with Crippen molar-refractivity contribution in [3.8, 4) is 17.2 Å². The molecule has 0 saturated heterocycles. The number of rotatable bonds is 7. The van der Waals surface area contributed by atoms with Crippen LogP contribution in [0.15, 0.2) is 60.7 Å². The summed E-state index contributed by atoms with van der Waals surface area (Å²) in [6.07, 6.45) is -3.63. The fraction of sp³-hybridized carbons (Fsp3) is 0.259. The summed E-state index contributed by atoms with van der Waals surface area (Å²) in [5.41, 5.74) is 0.886. The van der Waals surface area contributed by atoms with Crippen LogP contribution in [0.4, 0.5) is 13.2 Å². The van der Waals surface area contributed by atoms with E-state index in [4.69, 9.17) is 21.1 Å². The summed E-state index contributed by atoms with van der Waals surface area (Å²) in [5, 5.41) is 9.66. The van der Waals surface area contributed by atoms with Crippen molar-refractivity contribution in [1.29, 1.82) is 0 Å². The van der Waals surface area contributed by atoms with Crippen molar-refractivity contribution in [2.75, 3.05) is 20.2 Å². The number of carboxylic acids is 1. The molecule has 37 heavy (non-hydrogen) atoms. The molecule has 0 radical (unpaired) electrons. The van der Waals surface area contributed by atoms with Crippen molar-refractivity contribution < 1.29 is 37.3 Å². The van der Waals surface area contributed by atoms with E-state index in [9.17, 15) is 27.9 Å². The average molecular weight is 534 g/mol. The molecule has 194 valence electrons. The Kier molecular flexibility index (Phi) is 7.63. The molecule has 0 aromatic heterocycles. The van der Waals surface area contributed by atoms with Crippen LogP contribution in [0.2, 0.25) is 5.02 Å². The number of benzene rings is 3. The molecule has 3 aromatic rings. The molecule has 1 aliphatic heterocycles. The van der Waals surface area contributed by atoms with E-state index in [-0.39, 0.29) is 17.5 Å². The van der Waals surface area contributed by atoms with E-state index in [1.807, 2.05) is 0 Å². The predicted octanol–water partition coefficient (Wildman–Crippen LogP) is 6.42. The number of carbonyl (C=O) groups excluding carboxylic acids is 1. The van der Waals surface area contributed by atoms with Crippen molar-refractivity contribution in [2.45, 2.75) is 24.9 Å². The normalized spacial score (nSPS) is 14.9. The molecule has 1 aliphatic rings. The van der Waals surface area contributed by atoms with Crippen LogP contribution in [0.1, 0.15) is 39.4 Å². The minimum Gasteiger partial charge on any atom is -0.493 e. The topological polar surface area (TPSA) is 76.1 Å². The van der Waals surface area contributed by atoms with Crippen LogP contribution in [0.25, 0.3) is 0 Å². The van der Waals surface area contributed by atoms with Gasteiger partial charge >= 0.3 is 12.1 Å². The number of carboxylic acid groups (broad SMARTS) is 1. The lowest BCUT2D eigenvalue weighted by Crippen LogP contribution is -2.28. The first kappa shape index (κ1) is 26.3. The lowest BCUT2D eigenvalue weighted by molar-refractivity contribution is -0.139. The Hall–Kier alpha value is -3.72. The van der Waals surface area contributed by atoms with Gasteiger partial charge in [0.15, 0.2) is 0 Å². The summed E-state index contributed by atoms with van der Waals surface area (Å²) in [7, 11) is 1.62. The zero-order valence-corrected chi connectivity index (χ0v) is 20.5. The Balaban J connectivity index is 1.38. The van der Waals surface area contributed by atoms with E-state index >= 15 is 0 Å². The zero-order chi connectivity index (χ0) is 26.7. The van der Waals surface area contributed by atoms with Gasteiger partial charge in [0, 0.05) is 30.8 Å². The monoisotopic (exact) mass is 533 g/mol. The number of likely N-dealkylation sites (N-methyl/N-ethyl adjacent to an activating group) is 1. The molecular weight excluding hydrogens is 511 g/mol. The minimum absolute atomic E-state index is 0.235. The number of amides is 1. The van der Waals surface area contributed by atoms with Gasteiger partial charge in [0.25, 0.3) is 5.91 Å². The maximum Gasteiger partial charge on any atom is 0.416 e. The summed E-state index contributed by atoms with van der Waals surface area (Å²) >= 11 is 6.33. The maximum atomic E-state index is 12.8. The molecular formula is C27H23ClF3NO5. The highest BCUT2D eigenvalue weighted by atomic mass is 35.5. The van der Waals surface area contributed by atoms with Gasteiger partial charge in [-0.15, -0.1) is 0 Å². The van der Waals surface area contributed by atoms with Gasteiger partial charge in [0.2, 0.25) is 0 Å². The summed E-state index contributed by atoms with van der Waals surface area (Å²) in [6, 6.07) is 14.4. The van der Waals surface area contributed by atoms with Gasteiger partial charge in [-0.05, 0) is 60.9 Å². The molecule has 3 aromatic carbocycles. The third-order valence-corrected chi connectivity index (χ3v) is 6.39. The van der Waals surface area contributed by atoms with Gasteiger partial charge in [-0.25, -0.2) is 0 Å². The SMILES string of the molecule is CN(CCc1ccc(C(F)(F)F)cc1)C(=O)c1ccc(Oc2cc3c(cc2Cl)C(C(=O)O)CCO3)cc1. The second-order valence-electron chi connectivity index (χ2n) is 8.65. The lowest BCUT2D eigenvalue weighted by atomic mass is 9.93. The van der Waals surface area contributed by atoms with Gasteiger partial charge < -0.3 is 19.5 Å². The minimum atomic E-state index is -4.39. The third-order valence-electron chi connectivity index (χ3n) is 6.09. The molecule has 0 fully saturated rings. The van der Waals surface area contributed by atoms with E-state index in [0.717, 1.165) is 12.1 Å². The van der Waals surface area contributed by atoms with E-state index in [2.05, 4.69) is 0 Å². The maximum absolute atomic E-state index is 12.8. The Labute approximate surface area is 216 Å². The van der Waals surface area contributed by atoms with Gasteiger partial charge in [-0.3, -0.25) is 9.59 Å². The van der Waals surface area contributed by atoms with Gasteiger partial charge in [0.05, 0.1) is 23.1 Å². The van der Waals surface area contributed by atoms with Gasteiger partial charge in [-0.2, -0.15) is 13.2 Å². The number of fused-ring (bicyclic) bond motifs is 1. The van der Waals surface area contributed by atoms with Crippen LogP contribution in [0, 0.1) is 0 Å². The molecule has 0 aliphatic carbocycles. The molecule has 0 bridgehead atoms. The molecule has 1 atom stereocenters. The van der Waals surface area contributed by atoms with E-state index in [1.165, 1.54) is 23.1 Å². The summed E-state index contributed by atoms with van der Waals surface area (Å²) in [6.45, 7) is 0.596. The number of hydrogen-bond donors (Lipinski definition) is 1. The molecule has 6 nitrogen and oxygen atoms in total. The molecule has 0 saturated carbocycles. The first-order valence-corrected chi connectivity index (χ1v) is 11.8. The average Bonchev–Trinajstić information content (AvgIpc) is 2.87. The van der Waals surface area contributed by atoms with Crippen LogP contribution in [-0.4, -0.2) is 42.1 Å². The van der Waals surface area contributed by atoms with E-state index in [0.29, 0.717) is 53.3 Å². The summed E-state index contributed by atoms with van der Waals surface area (Å²) in [5.74, 6) is -0.788. The first-order valence-electron chi connectivity index (χ1n) is 11.4. The number of ether oxygens (including phenoxy) is 2. The van der Waals surface area contributed by atoms with Gasteiger partial charge in [-0.1, -0.05) is 23.7 Å². The van der Waals surface area contributed by atoms with Crippen molar-refractivity contribution >= 4 is 23.5 Å². The fourth-order valence-electron chi connectivity index (χ4n) is 4.00. The van der Waals surface area contributed by atoms with Crippen LogP contribution in [0.5, 0.6) is 17.2 Å². The number of carbonyl (C=O) groups is 2. The van der Waals surface area contributed by atoms with Crippen molar-refractivity contribution in [3.05, 3.63) is 87.9 Å². The Bertz CT molecular complexity index is 1290. The van der Waals surface area contributed by atoms with Gasteiger partial charge in [0.1, 0.15) is 17.2 Å². The van der Waals surface area contributed by atoms with Crippen molar-refractivity contribution in [2.24, 2.45) is 0 Å². The Morgan fingerprint density at radius 3 is 2.41 bits per heavy atom. The highest BCUT2D eigenvalue weighted by Gasteiger charge is 2.30. The molecule has 1 unspecified atom stereocenters. The quantitative estimate of drug-likeness (QED) is 0.379. The highest BCUT2D eigenvalue weighted by molar-refractivity contribution is 6.32. The lowest BCUT2D eigenvalue weighted by Gasteiger charge is -2.24. The standard InChI is InChI=1S/C27H23ClF3NO5/c1-32(12-10-16-2-6-18(7-3-16)27(29,30)31)25(33)17-4-8-19(9-5-17)37-24-15-23-21(14-22(24)28)20(26(34)35)11-13-36-23/h2-9,14-15,20H,10-13H2,1H3,(H,34,35). The summed E-state index contributed by atoms with van der Waals surface area (Å²) in [4.78, 5) is 25.8. The van der Waals surface area contributed by atoms with Crippen molar-refractivity contribution in [3.63, 3.8) is 0 Å². The number of hydrogen-bond acceptors (Lipinski definition) is 4. The van der Waals surface area contributed by atoms with Crippen LogP contribution >= 0.6 is 11.6 Å². The predicted molar refractivity (Wildman–Crippen MR) is 131 cm³/mol. The van der Waals surface area contributed by atoms with E-state index < -0.39 is 23.6 Å². The van der Waals surface area contributed by atoms with Crippen LogP contribution in [-0.2, 0) is 17.4 Å². The number of nitrogens with zero attached hydrogens (tertiary/aromatic N) is 1. The largest absolute Gasteiger partial charge is 0.493 e. The molecule has 1 amide bonds. The highest BCUT2D eigenvalue weighted by Crippen LogP contribution is 2.41. The Morgan fingerprint density at radius 2 is 1.78 bits per heavy atom. The smallest absolute Gasteiger partial charge is 0.416 e. The van der Waals surface area contributed by atoms with E-state index in [1.54, 1.807) is 37.4 Å². The molecule has 1 heterocycles. The first-order chi connectivity index (χ1) is 17.5.